The summed E-state index contributed by atoms with van der Waals surface area (Å²) in [5, 5.41) is 1.21. The van der Waals surface area contributed by atoms with Crippen molar-refractivity contribution in [2.45, 2.75) is 32.0 Å². The van der Waals surface area contributed by atoms with Crippen LogP contribution in [0.2, 0.25) is 0 Å². The zero-order valence-electron chi connectivity index (χ0n) is 16.1. The van der Waals surface area contributed by atoms with Crippen molar-refractivity contribution in [1.82, 2.24) is 4.90 Å². The molecule has 1 saturated heterocycles. The first-order valence-corrected chi connectivity index (χ1v) is 10.2. The Hall–Kier alpha value is -2.75. The monoisotopic (exact) mass is 416 g/mol. The SMILES string of the molecule is CN(OS(=O)O)c1ccc(CN=C(N)[C@@H]2CCC(=O)N2Cc2ccccc2)cc1. The van der Waals surface area contributed by atoms with Gasteiger partial charge < -0.3 is 10.6 Å². The van der Waals surface area contributed by atoms with Gasteiger partial charge in [-0.25, -0.2) is 5.06 Å². The van der Waals surface area contributed by atoms with E-state index in [-0.39, 0.29) is 11.9 Å². The van der Waals surface area contributed by atoms with Gasteiger partial charge in [0.05, 0.1) is 18.3 Å². The maximum Gasteiger partial charge on any atom is 0.325 e. The molecule has 0 bridgehead atoms. The van der Waals surface area contributed by atoms with Crippen molar-refractivity contribution in [3.05, 3.63) is 65.7 Å². The molecule has 0 spiro atoms. The third kappa shape index (κ3) is 5.63. The summed E-state index contributed by atoms with van der Waals surface area (Å²) < 4.78 is 24.2. The van der Waals surface area contributed by atoms with Gasteiger partial charge in [0.15, 0.2) is 0 Å². The number of aliphatic imine (C=N–C) groups is 1. The van der Waals surface area contributed by atoms with Crippen LogP contribution in [0.15, 0.2) is 59.6 Å². The molecule has 3 N–H and O–H groups in total. The predicted molar refractivity (Wildman–Crippen MR) is 112 cm³/mol. The van der Waals surface area contributed by atoms with Crippen LogP contribution in [-0.4, -0.2) is 38.5 Å². The van der Waals surface area contributed by atoms with Gasteiger partial charge in [0.1, 0.15) is 5.84 Å². The molecule has 3 rings (SSSR count). The third-order valence-electron chi connectivity index (χ3n) is 4.79. The van der Waals surface area contributed by atoms with E-state index in [9.17, 15) is 9.00 Å². The van der Waals surface area contributed by atoms with E-state index in [1.807, 2.05) is 42.5 Å². The highest BCUT2D eigenvalue weighted by Gasteiger charge is 2.33. The second kappa shape index (κ2) is 9.64. The highest BCUT2D eigenvalue weighted by Crippen LogP contribution is 2.22. The summed E-state index contributed by atoms with van der Waals surface area (Å²) >= 11 is -2.38. The zero-order valence-corrected chi connectivity index (χ0v) is 16.9. The van der Waals surface area contributed by atoms with Gasteiger partial charge in [-0.3, -0.25) is 14.3 Å². The molecule has 0 saturated carbocycles. The van der Waals surface area contributed by atoms with E-state index >= 15 is 0 Å². The van der Waals surface area contributed by atoms with Gasteiger partial charge in [0.2, 0.25) is 5.91 Å². The van der Waals surface area contributed by atoms with E-state index in [1.165, 1.54) is 12.1 Å². The van der Waals surface area contributed by atoms with Crippen molar-refractivity contribution in [3.63, 3.8) is 0 Å². The molecule has 1 heterocycles. The normalized spacial score (nSPS) is 18.1. The largest absolute Gasteiger partial charge is 0.386 e. The lowest BCUT2D eigenvalue weighted by Crippen LogP contribution is -2.42. The van der Waals surface area contributed by atoms with Crippen LogP contribution in [-0.2, 0) is 33.5 Å². The highest BCUT2D eigenvalue weighted by molar-refractivity contribution is 7.74. The molecule has 1 amide bonds. The van der Waals surface area contributed by atoms with Crippen molar-refractivity contribution >= 4 is 28.8 Å². The molecule has 9 heteroatoms. The molecule has 1 unspecified atom stereocenters. The van der Waals surface area contributed by atoms with Crippen molar-refractivity contribution < 1.29 is 17.8 Å². The van der Waals surface area contributed by atoms with Crippen molar-refractivity contribution in [2.24, 2.45) is 10.7 Å². The summed E-state index contributed by atoms with van der Waals surface area (Å²) in [5.41, 5.74) is 8.85. The number of nitrogens with zero attached hydrogens (tertiary/aromatic N) is 3. The molecule has 1 aliphatic rings. The number of likely N-dealkylation sites (tertiary alicyclic amines) is 1. The van der Waals surface area contributed by atoms with Gasteiger partial charge in [0.25, 0.3) is 0 Å². The van der Waals surface area contributed by atoms with Gasteiger partial charge in [-0.15, -0.1) is 4.28 Å². The molecule has 0 aromatic heterocycles. The lowest BCUT2D eigenvalue weighted by Gasteiger charge is -2.24. The van der Waals surface area contributed by atoms with Crippen LogP contribution >= 0.6 is 0 Å². The molecule has 0 radical (unpaired) electrons. The molecule has 154 valence electrons. The Kier molecular flexibility index (Phi) is 6.97. The average Bonchev–Trinajstić information content (AvgIpc) is 3.07. The summed E-state index contributed by atoms with van der Waals surface area (Å²) in [4.78, 5) is 18.6. The minimum Gasteiger partial charge on any atom is -0.386 e. The first kappa shape index (κ1) is 21.0. The summed E-state index contributed by atoms with van der Waals surface area (Å²) in [5.74, 6) is 0.539. The first-order chi connectivity index (χ1) is 13.9. The van der Waals surface area contributed by atoms with Gasteiger partial charge in [0, 0.05) is 20.0 Å². The third-order valence-corrected chi connectivity index (χ3v) is 5.14. The highest BCUT2D eigenvalue weighted by atomic mass is 32.2. The molecule has 1 fully saturated rings. The number of anilines is 1. The number of hydrogen-bond donors (Lipinski definition) is 2. The second-order valence-electron chi connectivity index (χ2n) is 6.76. The Morgan fingerprint density at radius 2 is 1.93 bits per heavy atom. The van der Waals surface area contributed by atoms with Crippen LogP contribution < -0.4 is 10.8 Å². The quantitative estimate of drug-likeness (QED) is 0.296. The Morgan fingerprint density at radius 3 is 2.59 bits per heavy atom. The summed E-state index contributed by atoms with van der Waals surface area (Å²) in [6.07, 6.45) is 1.14. The minimum atomic E-state index is -2.38. The fraction of sp³-hybridized carbons (Fsp3) is 0.300. The van der Waals surface area contributed by atoms with Crippen molar-refractivity contribution in [1.29, 1.82) is 0 Å². The van der Waals surface area contributed by atoms with E-state index in [2.05, 4.69) is 9.28 Å². The second-order valence-corrected chi connectivity index (χ2v) is 7.34. The van der Waals surface area contributed by atoms with Crippen molar-refractivity contribution in [2.75, 3.05) is 12.1 Å². The number of benzene rings is 2. The molecular weight excluding hydrogens is 392 g/mol. The summed E-state index contributed by atoms with van der Waals surface area (Å²) in [7, 11) is 1.54. The summed E-state index contributed by atoms with van der Waals surface area (Å²) in [6, 6.07) is 16.8. The molecule has 0 aliphatic carbocycles. The number of rotatable bonds is 8. The van der Waals surface area contributed by atoms with Crippen LogP contribution in [0.25, 0.3) is 0 Å². The number of amides is 1. The zero-order chi connectivity index (χ0) is 20.8. The first-order valence-electron chi connectivity index (χ1n) is 9.19. The lowest BCUT2D eigenvalue weighted by molar-refractivity contribution is -0.128. The van der Waals surface area contributed by atoms with E-state index in [1.54, 1.807) is 17.0 Å². The Morgan fingerprint density at radius 1 is 1.24 bits per heavy atom. The van der Waals surface area contributed by atoms with Crippen LogP contribution in [0.4, 0.5) is 5.69 Å². The number of nitrogens with two attached hydrogens (primary N) is 1. The fourth-order valence-electron chi connectivity index (χ4n) is 3.26. The predicted octanol–water partition coefficient (Wildman–Crippen LogP) is 2.24. The van der Waals surface area contributed by atoms with E-state index < -0.39 is 11.4 Å². The van der Waals surface area contributed by atoms with E-state index in [0.29, 0.717) is 37.5 Å². The number of carbonyl (C=O) groups excluding carboxylic acids is 1. The van der Waals surface area contributed by atoms with Gasteiger partial charge in [-0.05, 0) is 29.7 Å². The van der Waals surface area contributed by atoms with Crippen molar-refractivity contribution in [3.8, 4) is 0 Å². The van der Waals surface area contributed by atoms with Crippen LogP contribution in [0, 0.1) is 0 Å². The summed E-state index contributed by atoms with van der Waals surface area (Å²) in [6.45, 7) is 0.903. The average molecular weight is 417 g/mol. The molecule has 29 heavy (non-hydrogen) atoms. The minimum absolute atomic E-state index is 0.0886. The molecule has 2 aromatic carbocycles. The van der Waals surface area contributed by atoms with E-state index in [4.69, 9.17) is 10.3 Å². The smallest absolute Gasteiger partial charge is 0.325 e. The van der Waals surface area contributed by atoms with Crippen LogP contribution in [0.1, 0.15) is 24.0 Å². The maximum atomic E-state index is 12.3. The molecule has 2 aromatic rings. The van der Waals surface area contributed by atoms with Gasteiger partial charge in [-0.2, -0.15) is 4.21 Å². The number of carbonyl (C=O) groups is 1. The Balaban J connectivity index is 1.64. The van der Waals surface area contributed by atoms with Gasteiger partial charge in [-0.1, -0.05) is 42.5 Å². The number of amidine groups is 1. The van der Waals surface area contributed by atoms with Gasteiger partial charge >= 0.3 is 11.4 Å². The Labute approximate surface area is 172 Å². The number of hydroxylamine groups is 1. The topological polar surface area (TPSA) is 108 Å². The molecule has 1 aliphatic heterocycles. The standard InChI is InChI=1S/C20H24N4O4S/c1-23(28-29(26)27)17-9-7-15(8-10-17)13-22-20(21)18-11-12-19(25)24(18)14-16-5-3-2-4-6-16/h2-10,18H,11-14H2,1H3,(H2,21,22)(H,26,27)/t18-/m0/s1. The van der Waals surface area contributed by atoms with Crippen LogP contribution in [0.5, 0.6) is 0 Å². The molecular formula is C20H24N4O4S. The number of hydrogen-bond acceptors (Lipinski definition) is 5. The Bertz CT molecular complexity index is 889. The maximum absolute atomic E-state index is 12.3. The van der Waals surface area contributed by atoms with E-state index in [0.717, 1.165) is 11.1 Å². The van der Waals surface area contributed by atoms with Crippen LogP contribution in [0.3, 0.4) is 0 Å². The molecule has 2 atom stereocenters. The lowest BCUT2D eigenvalue weighted by atomic mass is 10.1. The molecule has 8 nitrogen and oxygen atoms in total. The fourth-order valence-corrected chi connectivity index (χ4v) is 3.53.